The lowest BCUT2D eigenvalue weighted by molar-refractivity contribution is 0.343. The fraction of sp³-hybridized carbons (Fsp3) is 0.259. The summed E-state index contributed by atoms with van der Waals surface area (Å²) in [7, 11) is -2.92. The number of alkyl halides is 1. The van der Waals surface area contributed by atoms with Gasteiger partial charge in [-0.3, -0.25) is 14.1 Å². The third-order valence-corrected chi connectivity index (χ3v) is 8.25. The zero-order chi connectivity index (χ0) is 29.3. The highest BCUT2D eigenvalue weighted by atomic mass is 32.2. The van der Waals surface area contributed by atoms with E-state index in [1.165, 1.54) is 19.3 Å². The summed E-state index contributed by atoms with van der Waals surface area (Å²) < 4.78 is 73.3. The molecule has 14 heteroatoms. The van der Waals surface area contributed by atoms with Gasteiger partial charge < -0.3 is 5.32 Å². The molecule has 2 aromatic carbocycles. The van der Waals surface area contributed by atoms with Crippen molar-refractivity contribution in [2.24, 2.45) is 7.05 Å². The van der Waals surface area contributed by atoms with Gasteiger partial charge in [-0.1, -0.05) is 12.1 Å². The predicted octanol–water partition coefficient (Wildman–Crippen LogP) is 3.50. The summed E-state index contributed by atoms with van der Waals surface area (Å²) in [4.78, 5) is 21.8. The van der Waals surface area contributed by atoms with Crippen molar-refractivity contribution < 1.29 is 21.6 Å². The normalized spacial score (nSPS) is 15.6. The maximum absolute atomic E-state index is 15.5. The number of fused-ring (bicyclic) bond motifs is 1. The van der Waals surface area contributed by atoms with E-state index in [1.807, 2.05) is 16.9 Å². The van der Waals surface area contributed by atoms with Crippen LogP contribution in [0.4, 0.5) is 24.8 Å². The van der Waals surface area contributed by atoms with E-state index in [1.54, 1.807) is 12.1 Å². The molecule has 1 saturated heterocycles. The van der Waals surface area contributed by atoms with E-state index in [-0.39, 0.29) is 36.7 Å². The Hall–Kier alpha value is -4.48. The van der Waals surface area contributed by atoms with Crippen LogP contribution in [0.1, 0.15) is 17.5 Å². The van der Waals surface area contributed by atoms with E-state index in [2.05, 4.69) is 21.4 Å². The van der Waals surface area contributed by atoms with Crippen LogP contribution in [-0.4, -0.2) is 53.1 Å². The fourth-order valence-corrected chi connectivity index (χ4v) is 5.83. The van der Waals surface area contributed by atoms with E-state index in [0.29, 0.717) is 23.9 Å². The molecule has 1 atom stereocenters. The van der Waals surface area contributed by atoms with Crippen molar-refractivity contribution in [3.05, 3.63) is 81.8 Å². The monoisotopic (exact) mass is 583 g/mol. The lowest BCUT2D eigenvalue weighted by Gasteiger charge is -2.18. The highest BCUT2D eigenvalue weighted by Gasteiger charge is 2.32. The smallest absolute Gasteiger partial charge is 0.301 e. The number of aromatic nitrogens is 3. The van der Waals surface area contributed by atoms with Crippen molar-refractivity contribution in [2.75, 3.05) is 29.7 Å². The largest absolute Gasteiger partial charge is 0.354 e. The van der Waals surface area contributed by atoms with Crippen molar-refractivity contribution in [2.45, 2.75) is 19.0 Å². The summed E-state index contributed by atoms with van der Waals surface area (Å²) in [6.07, 6.45) is 0.705. The molecule has 0 spiro atoms. The molecule has 0 unspecified atom stereocenters. The second-order valence-electron chi connectivity index (χ2n) is 9.52. The van der Waals surface area contributed by atoms with E-state index < -0.39 is 44.8 Å². The van der Waals surface area contributed by atoms with Gasteiger partial charge in [-0.15, -0.1) is 0 Å². The molecule has 4 aromatic rings. The molecule has 212 valence electrons. The Labute approximate surface area is 233 Å². The molecule has 3 heterocycles. The van der Waals surface area contributed by atoms with Gasteiger partial charge >= 0.3 is 10.2 Å². The van der Waals surface area contributed by atoms with E-state index in [0.717, 1.165) is 26.6 Å². The zero-order valence-corrected chi connectivity index (χ0v) is 22.6. The van der Waals surface area contributed by atoms with Crippen LogP contribution in [0.3, 0.4) is 0 Å². The van der Waals surface area contributed by atoms with Gasteiger partial charge in [-0.25, -0.2) is 18.2 Å². The fourth-order valence-electron chi connectivity index (χ4n) is 4.56. The number of hydrogen-bond acceptors (Lipinski definition) is 7. The molecule has 0 aliphatic carbocycles. The number of nitrogens with zero attached hydrogens (tertiary/aromatic N) is 5. The molecular formula is C27H24F3N7O3S. The number of anilines is 2. The lowest BCUT2D eigenvalue weighted by atomic mass is 10.0. The first kappa shape index (κ1) is 28.1. The molecular weight excluding hydrogens is 559 g/mol. The standard InChI is InChI=1S/C27H24F3N7O3S/c1-36-25-18(14-33-27(34-25)32-10-8-16-2-4-17(13-31)5-3-16)12-20(26(36)38)23-21(29)6-7-22(24(23)30)35-41(39,40)37-11-9-19(28)15-37/h2-7,12,14,19,35H,8-11,15H2,1H3,(H,32,33,34)/t19-/m1/s1. The minimum atomic E-state index is -4.31. The van der Waals surface area contributed by atoms with Crippen molar-refractivity contribution >= 4 is 32.9 Å². The molecule has 1 aliphatic rings. The molecule has 2 aromatic heterocycles. The number of halogens is 3. The van der Waals surface area contributed by atoms with Crippen LogP contribution in [-0.2, 0) is 23.7 Å². The third-order valence-electron chi connectivity index (χ3n) is 6.76. The van der Waals surface area contributed by atoms with Gasteiger partial charge in [0.15, 0.2) is 5.82 Å². The van der Waals surface area contributed by atoms with Gasteiger partial charge in [0, 0.05) is 38.3 Å². The van der Waals surface area contributed by atoms with Crippen LogP contribution >= 0.6 is 0 Å². The summed E-state index contributed by atoms with van der Waals surface area (Å²) >= 11 is 0. The van der Waals surface area contributed by atoms with Gasteiger partial charge in [-0.2, -0.15) is 23.0 Å². The van der Waals surface area contributed by atoms with E-state index >= 15 is 4.39 Å². The van der Waals surface area contributed by atoms with Crippen molar-refractivity contribution in [1.82, 2.24) is 18.8 Å². The SMILES string of the molecule is Cn1c(=O)c(-c2c(F)ccc(NS(=O)(=O)N3CC[C@@H](F)C3)c2F)cc2cnc(NCCc3ccc(C#N)cc3)nc21. The van der Waals surface area contributed by atoms with Crippen LogP contribution in [0.25, 0.3) is 22.2 Å². The molecule has 41 heavy (non-hydrogen) atoms. The van der Waals surface area contributed by atoms with Crippen molar-refractivity contribution in [1.29, 1.82) is 5.26 Å². The number of benzene rings is 2. The number of rotatable bonds is 8. The van der Waals surface area contributed by atoms with Crippen LogP contribution < -0.4 is 15.6 Å². The molecule has 0 bridgehead atoms. The predicted molar refractivity (Wildman–Crippen MR) is 147 cm³/mol. The van der Waals surface area contributed by atoms with Crippen LogP contribution in [0.5, 0.6) is 0 Å². The van der Waals surface area contributed by atoms with E-state index in [9.17, 15) is 22.0 Å². The van der Waals surface area contributed by atoms with Gasteiger partial charge in [0.05, 0.1) is 28.4 Å². The summed E-state index contributed by atoms with van der Waals surface area (Å²) in [5.74, 6) is -2.13. The van der Waals surface area contributed by atoms with Crippen LogP contribution in [0, 0.1) is 23.0 Å². The molecule has 5 rings (SSSR count). The first-order valence-electron chi connectivity index (χ1n) is 12.6. The Bertz CT molecular complexity index is 1840. The first-order chi connectivity index (χ1) is 19.6. The summed E-state index contributed by atoms with van der Waals surface area (Å²) in [6.45, 7) is 0.0121. The number of hydrogen-bond donors (Lipinski definition) is 2. The molecule has 0 radical (unpaired) electrons. The Morgan fingerprint density at radius 3 is 2.61 bits per heavy atom. The number of nitrogens with one attached hydrogen (secondary N) is 2. The van der Waals surface area contributed by atoms with Crippen LogP contribution in [0.15, 0.2) is 53.5 Å². The number of nitriles is 1. The Balaban J connectivity index is 1.42. The second-order valence-corrected chi connectivity index (χ2v) is 11.2. The van der Waals surface area contributed by atoms with E-state index in [4.69, 9.17) is 5.26 Å². The minimum Gasteiger partial charge on any atom is -0.354 e. The average molecular weight is 584 g/mol. The van der Waals surface area contributed by atoms with Crippen molar-refractivity contribution in [3.8, 4) is 17.2 Å². The average Bonchev–Trinajstić information content (AvgIpc) is 3.41. The highest BCUT2D eigenvalue weighted by Crippen LogP contribution is 2.31. The summed E-state index contributed by atoms with van der Waals surface area (Å²) in [6, 6.07) is 12.2. The molecule has 10 nitrogen and oxygen atoms in total. The summed E-state index contributed by atoms with van der Waals surface area (Å²) in [5, 5.41) is 12.3. The highest BCUT2D eigenvalue weighted by molar-refractivity contribution is 7.90. The summed E-state index contributed by atoms with van der Waals surface area (Å²) in [5.41, 5.74) is -0.655. The number of pyridine rings is 1. The Kier molecular flexibility index (Phi) is 7.65. The Morgan fingerprint density at radius 2 is 1.93 bits per heavy atom. The third kappa shape index (κ3) is 5.72. The van der Waals surface area contributed by atoms with Gasteiger partial charge in [-0.05, 0) is 48.7 Å². The molecule has 1 aliphatic heterocycles. The molecule has 1 fully saturated rings. The van der Waals surface area contributed by atoms with Gasteiger partial charge in [0.25, 0.3) is 5.56 Å². The second kappa shape index (κ2) is 11.2. The maximum Gasteiger partial charge on any atom is 0.301 e. The maximum atomic E-state index is 15.5. The minimum absolute atomic E-state index is 0.0155. The topological polar surface area (TPSA) is 133 Å². The zero-order valence-electron chi connectivity index (χ0n) is 21.7. The number of aryl methyl sites for hydroxylation is 1. The first-order valence-corrected chi connectivity index (χ1v) is 14.0. The Morgan fingerprint density at radius 1 is 1.17 bits per heavy atom. The molecule has 0 saturated carbocycles. The molecule has 0 amide bonds. The van der Waals surface area contributed by atoms with Crippen molar-refractivity contribution in [3.63, 3.8) is 0 Å². The quantitative estimate of drug-likeness (QED) is 0.324. The molecule has 2 N–H and O–H groups in total. The van der Waals surface area contributed by atoms with Gasteiger partial charge in [0.2, 0.25) is 5.95 Å². The lowest BCUT2D eigenvalue weighted by Crippen LogP contribution is -2.34. The van der Waals surface area contributed by atoms with Gasteiger partial charge in [0.1, 0.15) is 17.6 Å². The van der Waals surface area contributed by atoms with Crippen LogP contribution in [0.2, 0.25) is 0 Å².